The van der Waals surface area contributed by atoms with Gasteiger partial charge in [-0.15, -0.1) is 0 Å². The lowest BCUT2D eigenvalue weighted by atomic mass is 10.2. The highest BCUT2D eigenvalue weighted by atomic mass is 16.2. The molecule has 5 nitrogen and oxygen atoms in total. The molecule has 114 valence electrons. The molecule has 0 fully saturated rings. The summed E-state index contributed by atoms with van der Waals surface area (Å²) in [5.41, 5.74) is 3.01. The van der Waals surface area contributed by atoms with Crippen LogP contribution in [0.15, 0.2) is 47.4 Å². The molecule has 0 saturated carbocycles. The third-order valence-corrected chi connectivity index (χ3v) is 4.00. The lowest BCUT2D eigenvalue weighted by Gasteiger charge is -2.19. The maximum Gasteiger partial charge on any atom is 0.252 e. The summed E-state index contributed by atoms with van der Waals surface area (Å²) in [6, 6.07) is 11.3. The summed E-state index contributed by atoms with van der Waals surface area (Å²) >= 11 is 0. The van der Waals surface area contributed by atoms with E-state index >= 15 is 0 Å². The molecule has 3 rings (SSSR count). The van der Waals surface area contributed by atoms with Crippen LogP contribution in [0.4, 0.5) is 5.69 Å². The summed E-state index contributed by atoms with van der Waals surface area (Å²) in [6.07, 6.45) is 2.62. The van der Waals surface area contributed by atoms with Gasteiger partial charge in [0.05, 0.1) is 5.56 Å². The largest absolute Gasteiger partial charge is 0.369 e. The van der Waals surface area contributed by atoms with Crippen molar-refractivity contribution in [2.45, 2.75) is 6.42 Å². The lowest BCUT2D eigenvalue weighted by Crippen LogP contribution is -2.34. The van der Waals surface area contributed by atoms with Gasteiger partial charge >= 0.3 is 0 Å². The highest BCUT2D eigenvalue weighted by molar-refractivity contribution is 5.93. The van der Waals surface area contributed by atoms with Gasteiger partial charge in [-0.1, -0.05) is 18.2 Å². The standard InChI is InChI=1S/C17H19N3O2/c1-19-12-14(6-7-16(19)21)17(22)18-9-11-20-10-8-13-4-2-3-5-15(13)20/h2-7,12H,8-11H2,1H3,(H,18,22). The smallest absolute Gasteiger partial charge is 0.252 e. The number of anilines is 1. The fourth-order valence-corrected chi connectivity index (χ4v) is 2.77. The quantitative estimate of drug-likeness (QED) is 0.922. The minimum absolute atomic E-state index is 0.120. The van der Waals surface area contributed by atoms with Crippen LogP contribution in [0.3, 0.4) is 0 Å². The van der Waals surface area contributed by atoms with Crippen LogP contribution in [0, 0.1) is 0 Å². The topological polar surface area (TPSA) is 54.3 Å². The van der Waals surface area contributed by atoms with E-state index in [-0.39, 0.29) is 11.5 Å². The van der Waals surface area contributed by atoms with Crippen LogP contribution >= 0.6 is 0 Å². The van der Waals surface area contributed by atoms with E-state index in [1.807, 2.05) is 6.07 Å². The van der Waals surface area contributed by atoms with E-state index in [4.69, 9.17) is 0 Å². The Morgan fingerprint density at radius 2 is 2.05 bits per heavy atom. The molecule has 0 spiro atoms. The first-order chi connectivity index (χ1) is 10.6. The second-order valence-electron chi connectivity index (χ2n) is 5.49. The number of fused-ring (bicyclic) bond motifs is 1. The highest BCUT2D eigenvalue weighted by Crippen LogP contribution is 2.26. The molecule has 2 aromatic rings. The van der Waals surface area contributed by atoms with E-state index in [9.17, 15) is 9.59 Å². The molecule has 1 aromatic heterocycles. The molecule has 2 heterocycles. The number of hydrogen-bond donors (Lipinski definition) is 1. The minimum Gasteiger partial charge on any atom is -0.369 e. The van der Waals surface area contributed by atoms with Crippen molar-refractivity contribution in [1.29, 1.82) is 0 Å². The second-order valence-corrected chi connectivity index (χ2v) is 5.49. The zero-order valence-electron chi connectivity index (χ0n) is 12.6. The van der Waals surface area contributed by atoms with E-state index in [0.717, 1.165) is 19.5 Å². The van der Waals surface area contributed by atoms with Gasteiger partial charge in [-0.25, -0.2) is 0 Å². The number of nitrogens with zero attached hydrogens (tertiary/aromatic N) is 2. The van der Waals surface area contributed by atoms with Crippen LogP contribution < -0.4 is 15.8 Å². The summed E-state index contributed by atoms with van der Waals surface area (Å²) in [7, 11) is 1.64. The zero-order chi connectivity index (χ0) is 15.5. The van der Waals surface area contributed by atoms with Gasteiger partial charge in [-0.3, -0.25) is 9.59 Å². The van der Waals surface area contributed by atoms with Crippen molar-refractivity contribution < 1.29 is 4.79 Å². The molecule has 0 radical (unpaired) electrons. The SMILES string of the molecule is Cn1cc(C(=O)NCCN2CCc3ccccc32)ccc1=O. The van der Waals surface area contributed by atoms with Crippen molar-refractivity contribution in [3.63, 3.8) is 0 Å². The number of carbonyl (C=O) groups excluding carboxylic acids is 1. The molecule has 0 aliphatic carbocycles. The predicted octanol–water partition coefficient (Wildman–Crippen LogP) is 1.18. The number of rotatable bonds is 4. The predicted molar refractivity (Wildman–Crippen MR) is 86.4 cm³/mol. The van der Waals surface area contributed by atoms with E-state index in [0.29, 0.717) is 12.1 Å². The van der Waals surface area contributed by atoms with Gasteiger partial charge in [0.25, 0.3) is 5.91 Å². The van der Waals surface area contributed by atoms with Crippen LogP contribution in [0.2, 0.25) is 0 Å². The number of aryl methyl sites for hydroxylation is 1. The number of amides is 1. The van der Waals surface area contributed by atoms with E-state index < -0.39 is 0 Å². The Labute approximate surface area is 129 Å². The fraction of sp³-hybridized carbons (Fsp3) is 0.294. The molecule has 0 unspecified atom stereocenters. The average molecular weight is 297 g/mol. The van der Waals surface area contributed by atoms with Crippen LogP contribution in [-0.4, -0.2) is 30.1 Å². The Balaban J connectivity index is 1.56. The van der Waals surface area contributed by atoms with Gasteiger partial charge in [-0.05, 0) is 24.1 Å². The Hall–Kier alpha value is -2.56. The Bertz CT molecular complexity index is 752. The van der Waals surface area contributed by atoms with Gasteiger partial charge < -0.3 is 14.8 Å². The molecule has 5 heteroatoms. The van der Waals surface area contributed by atoms with Crippen molar-refractivity contribution in [2.24, 2.45) is 7.05 Å². The Kier molecular flexibility index (Phi) is 3.96. The van der Waals surface area contributed by atoms with Crippen molar-refractivity contribution in [3.05, 3.63) is 64.1 Å². The summed E-state index contributed by atoms with van der Waals surface area (Å²) in [5, 5.41) is 2.91. The molecule has 1 N–H and O–H groups in total. The van der Waals surface area contributed by atoms with Crippen LogP contribution in [0.5, 0.6) is 0 Å². The minimum atomic E-state index is -0.150. The molecule has 1 amide bonds. The number of para-hydroxylation sites is 1. The second kappa shape index (κ2) is 6.05. The normalized spacial score (nSPS) is 13.0. The number of pyridine rings is 1. The Morgan fingerprint density at radius 3 is 2.86 bits per heavy atom. The lowest BCUT2D eigenvalue weighted by molar-refractivity contribution is 0.0954. The molecule has 1 aliphatic heterocycles. The monoisotopic (exact) mass is 297 g/mol. The van der Waals surface area contributed by atoms with Crippen molar-refractivity contribution in [2.75, 3.05) is 24.5 Å². The summed E-state index contributed by atoms with van der Waals surface area (Å²) in [5.74, 6) is -0.150. The number of carbonyl (C=O) groups is 1. The van der Waals surface area contributed by atoms with Crippen molar-refractivity contribution in [1.82, 2.24) is 9.88 Å². The molecule has 1 aliphatic rings. The van der Waals surface area contributed by atoms with Gasteiger partial charge in [0.2, 0.25) is 5.56 Å². The van der Waals surface area contributed by atoms with Crippen LogP contribution in [-0.2, 0) is 13.5 Å². The first-order valence-corrected chi connectivity index (χ1v) is 7.43. The number of nitrogens with one attached hydrogen (secondary N) is 1. The molecule has 0 saturated heterocycles. The summed E-state index contributed by atoms with van der Waals surface area (Å²) in [6.45, 7) is 2.36. The van der Waals surface area contributed by atoms with E-state index in [1.54, 1.807) is 19.3 Å². The molecular formula is C17H19N3O2. The van der Waals surface area contributed by atoms with Crippen molar-refractivity contribution in [3.8, 4) is 0 Å². The van der Waals surface area contributed by atoms with Gasteiger partial charge in [0, 0.05) is 44.6 Å². The Morgan fingerprint density at radius 1 is 1.23 bits per heavy atom. The van der Waals surface area contributed by atoms with Crippen LogP contribution in [0.25, 0.3) is 0 Å². The number of aromatic nitrogens is 1. The average Bonchev–Trinajstić information content (AvgIpc) is 2.93. The number of hydrogen-bond acceptors (Lipinski definition) is 3. The van der Waals surface area contributed by atoms with Crippen molar-refractivity contribution >= 4 is 11.6 Å². The highest BCUT2D eigenvalue weighted by Gasteiger charge is 2.17. The maximum absolute atomic E-state index is 12.1. The van der Waals surface area contributed by atoms with Gasteiger partial charge in [0.15, 0.2) is 0 Å². The first-order valence-electron chi connectivity index (χ1n) is 7.43. The zero-order valence-corrected chi connectivity index (χ0v) is 12.6. The molecule has 0 bridgehead atoms. The first kappa shape index (κ1) is 14.4. The summed E-state index contributed by atoms with van der Waals surface area (Å²) in [4.78, 5) is 25.7. The molecule has 1 aromatic carbocycles. The summed E-state index contributed by atoms with van der Waals surface area (Å²) < 4.78 is 1.41. The van der Waals surface area contributed by atoms with E-state index in [1.165, 1.54) is 21.9 Å². The molecule has 22 heavy (non-hydrogen) atoms. The van der Waals surface area contributed by atoms with Gasteiger partial charge in [-0.2, -0.15) is 0 Å². The van der Waals surface area contributed by atoms with Gasteiger partial charge in [0.1, 0.15) is 0 Å². The third kappa shape index (κ3) is 2.88. The molecular weight excluding hydrogens is 278 g/mol. The van der Waals surface area contributed by atoms with E-state index in [2.05, 4.69) is 28.4 Å². The fourth-order valence-electron chi connectivity index (χ4n) is 2.77. The number of benzene rings is 1. The van der Waals surface area contributed by atoms with Crippen LogP contribution in [0.1, 0.15) is 15.9 Å². The maximum atomic E-state index is 12.1. The molecule has 0 atom stereocenters. The third-order valence-electron chi connectivity index (χ3n) is 4.00.